The number of rotatable bonds is 7. The summed E-state index contributed by atoms with van der Waals surface area (Å²) in [6.07, 6.45) is -0.825. The number of alkyl halides is 3. The Bertz CT molecular complexity index is 1780. The summed E-state index contributed by atoms with van der Waals surface area (Å²) in [5.41, 5.74) is -1.02. The molecule has 0 fully saturated rings. The molecule has 0 aliphatic rings. The number of amides is 2. The summed E-state index contributed by atoms with van der Waals surface area (Å²) in [6.45, 7) is 0. The average Bonchev–Trinajstić information content (AvgIpc) is 3.62. The molecule has 5 aromatic rings. The number of nitrogens with one attached hydrogen (secondary N) is 3. The lowest BCUT2D eigenvalue weighted by Gasteiger charge is -2.14. The number of benzene rings is 2. The SMILES string of the molecule is CNC(=O)c1cc(Oc2cc(NC(=O)c3ccc(F)c(-c4cnc(-c5ncn[nH]5)n4C)c3)cc(C(F)(F)F)c2)ccn1. The molecule has 0 unspecified atom stereocenters. The predicted octanol–water partition coefficient (Wildman–Crippen LogP) is 4.83. The molecule has 214 valence electrons. The predicted molar refractivity (Wildman–Crippen MR) is 141 cm³/mol. The normalized spacial score (nSPS) is 11.3. The summed E-state index contributed by atoms with van der Waals surface area (Å²) in [5, 5.41) is 11.2. The minimum absolute atomic E-state index is 0.0102. The number of aromatic nitrogens is 6. The molecule has 11 nitrogen and oxygen atoms in total. The first-order chi connectivity index (χ1) is 20.0. The molecule has 0 saturated carbocycles. The molecule has 2 aromatic carbocycles. The van der Waals surface area contributed by atoms with Crippen molar-refractivity contribution >= 4 is 17.5 Å². The second-order valence-electron chi connectivity index (χ2n) is 8.81. The van der Waals surface area contributed by atoms with Gasteiger partial charge in [-0.15, -0.1) is 0 Å². The van der Waals surface area contributed by atoms with Crippen LogP contribution in [-0.4, -0.2) is 48.6 Å². The molecule has 3 aromatic heterocycles. The molecular weight excluding hydrogens is 560 g/mol. The van der Waals surface area contributed by atoms with Crippen molar-refractivity contribution in [3.05, 3.63) is 89.9 Å². The number of aromatic amines is 1. The molecule has 0 aliphatic carbocycles. The number of hydrogen-bond donors (Lipinski definition) is 3. The lowest BCUT2D eigenvalue weighted by atomic mass is 10.1. The molecule has 0 bridgehead atoms. The molecule has 0 radical (unpaired) electrons. The fourth-order valence-corrected chi connectivity index (χ4v) is 4.02. The summed E-state index contributed by atoms with van der Waals surface area (Å²) in [4.78, 5) is 37.1. The van der Waals surface area contributed by atoms with Gasteiger partial charge in [-0.25, -0.2) is 14.4 Å². The van der Waals surface area contributed by atoms with E-state index in [1.54, 1.807) is 11.6 Å². The van der Waals surface area contributed by atoms with Crippen molar-refractivity contribution in [2.24, 2.45) is 7.05 Å². The van der Waals surface area contributed by atoms with Crippen molar-refractivity contribution in [3.8, 4) is 34.4 Å². The van der Waals surface area contributed by atoms with Crippen molar-refractivity contribution in [1.29, 1.82) is 0 Å². The van der Waals surface area contributed by atoms with Crippen LogP contribution in [0.5, 0.6) is 11.5 Å². The van der Waals surface area contributed by atoms with Crippen LogP contribution in [0.3, 0.4) is 0 Å². The number of halogens is 4. The van der Waals surface area contributed by atoms with Crippen LogP contribution in [0.1, 0.15) is 26.4 Å². The largest absolute Gasteiger partial charge is 0.457 e. The highest BCUT2D eigenvalue weighted by Gasteiger charge is 2.32. The Morgan fingerprint density at radius 2 is 1.79 bits per heavy atom. The fraction of sp³-hybridized carbons (Fsp3) is 0.111. The van der Waals surface area contributed by atoms with E-state index in [1.165, 1.54) is 56.1 Å². The van der Waals surface area contributed by atoms with Gasteiger partial charge in [-0.2, -0.15) is 18.3 Å². The van der Waals surface area contributed by atoms with Crippen LogP contribution >= 0.6 is 0 Å². The lowest BCUT2D eigenvalue weighted by Crippen LogP contribution is -2.19. The van der Waals surface area contributed by atoms with Gasteiger partial charge in [0.1, 0.15) is 29.3 Å². The number of carbonyl (C=O) groups is 2. The van der Waals surface area contributed by atoms with Gasteiger partial charge in [-0.05, 0) is 36.4 Å². The number of nitrogens with zero attached hydrogens (tertiary/aromatic N) is 5. The number of carbonyl (C=O) groups excluding carboxylic acids is 2. The first-order valence-electron chi connectivity index (χ1n) is 12.1. The monoisotopic (exact) mass is 580 g/mol. The number of anilines is 1. The van der Waals surface area contributed by atoms with E-state index in [1.807, 2.05) is 0 Å². The average molecular weight is 581 g/mol. The van der Waals surface area contributed by atoms with Gasteiger partial charge in [-0.3, -0.25) is 19.7 Å². The molecule has 3 N–H and O–H groups in total. The molecular formula is C27H20F4N8O3. The Labute approximate surface area is 234 Å². The van der Waals surface area contributed by atoms with Crippen molar-refractivity contribution < 1.29 is 31.9 Å². The highest BCUT2D eigenvalue weighted by atomic mass is 19.4. The quantitative estimate of drug-likeness (QED) is 0.234. The van der Waals surface area contributed by atoms with Crippen LogP contribution in [0.15, 0.2) is 67.3 Å². The third kappa shape index (κ3) is 5.79. The Hall–Kier alpha value is -5.60. The number of H-pyrrole nitrogens is 1. The standard InChI is InChI=1S/C27H20F4N8O3/c1-32-26(41)21-11-17(5-6-33-21)42-18-9-15(27(29,30)31)8-16(10-18)37-25(40)14-3-4-20(28)19(7-14)22-12-34-24(39(22)2)23-35-13-36-38-23/h3-13H,1-2H3,(H,32,41)(H,37,40)(H,35,36,38). The van der Waals surface area contributed by atoms with E-state index < -0.39 is 29.4 Å². The molecule has 0 spiro atoms. The molecule has 0 saturated heterocycles. The van der Waals surface area contributed by atoms with Crippen molar-refractivity contribution in [3.63, 3.8) is 0 Å². The van der Waals surface area contributed by atoms with E-state index in [4.69, 9.17) is 4.74 Å². The maximum Gasteiger partial charge on any atom is 0.416 e. The van der Waals surface area contributed by atoms with Gasteiger partial charge in [0, 0.05) is 49.2 Å². The van der Waals surface area contributed by atoms with E-state index in [2.05, 4.69) is 35.8 Å². The second-order valence-corrected chi connectivity index (χ2v) is 8.81. The molecule has 2 amide bonds. The van der Waals surface area contributed by atoms with Crippen molar-refractivity contribution in [1.82, 2.24) is 35.0 Å². The fourth-order valence-electron chi connectivity index (χ4n) is 4.02. The molecule has 0 atom stereocenters. The molecule has 0 aliphatic heterocycles. The minimum atomic E-state index is -4.77. The first-order valence-corrected chi connectivity index (χ1v) is 12.1. The molecule has 42 heavy (non-hydrogen) atoms. The van der Waals surface area contributed by atoms with Crippen LogP contribution in [0.2, 0.25) is 0 Å². The Morgan fingerprint density at radius 3 is 2.50 bits per heavy atom. The molecule has 15 heteroatoms. The first kappa shape index (κ1) is 27.9. The Kier molecular flexibility index (Phi) is 7.39. The van der Waals surface area contributed by atoms with Crippen molar-refractivity contribution in [2.75, 3.05) is 12.4 Å². The Morgan fingerprint density at radius 1 is 0.976 bits per heavy atom. The van der Waals surface area contributed by atoms with Gasteiger partial charge in [0.25, 0.3) is 11.8 Å². The van der Waals surface area contributed by atoms with Crippen LogP contribution in [0.25, 0.3) is 22.9 Å². The third-order valence-electron chi connectivity index (χ3n) is 6.04. The zero-order chi connectivity index (χ0) is 30.0. The Balaban J connectivity index is 1.44. The van der Waals surface area contributed by atoms with Gasteiger partial charge in [0.2, 0.25) is 0 Å². The number of ether oxygens (including phenoxy) is 1. The van der Waals surface area contributed by atoms with Crippen LogP contribution in [-0.2, 0) is 13.2 Å². The van der Waals surface area contributed by atoms with E-state index >= 15 is 0 Å². The van der Waals surface area contributed by atoms with Gasteiger partial charge in [0.15, 0.2) is 11.6 Å². The number of pyridine rings is 1. The topological polar surface area (TPSA) is 140 Å². The zero-order valence-electron chi connectivity index (χ0n) is 21.8. The summed E-state index contributed by atoms with van der Waals surface area (Å²) < 4.78 is 63.1. The maximum absolute atomic E-state index is 14.8. The van der Waals surface area contributed by atoms with E-state index in [0.717, 1.165) is 18.2 Å². The summed E-state index contributed by atoms with van der Waals surface area (Å²) in [7, 11) is 3.02. The lowest BCUT2D eigenvalue weighted by molar-refractivity contribution is -0.137. The van der Waals surface area contributed by atoms with Crippen LogP contribution in [0, 0.1) is 5.82 Å². The maximum atomic E-state index is 14.8. The van der Waals surface area contributed by atoms with E-state index in [9.17, 15) is 27.2 Å². The van der Waals surface area contributed by atoms with Crippen molar-refractivity contribution in [2.45, 2.75) is 6.18 Å². The highest BCUT2D eigenvalue weighted by molar-refractivity contribution is 6.05. The summed E-state index contributed by atoms with van der Waals surface area (Å²) in [5.74, 6) is -1.47. The van der Waals surface area contributed by atoms with E-state index in [-0.39, 0.29) is 34.0 Å². The summed E-state index contributed by atoms with van der Waals surface area (Å²) >= 11 is 0. The van der Waals surface area contributed by atoms with Crippen LogP contribution in [0.4, 0.5) is 23.2 Å². The van der Waals surface area contributed by atoms with Gasteiger partial charge >= 0.3 is 6.18 Å². The van der Waals surface area contributed by atoms with Gasteiger partial charge < -0.3 is 19.9 Å². The van der Waals surface area contributed by atoms with Gasteiger partial charge in [0.05, 0.1) is 17.5 Å². The van der Waals surface area contributed by atoms with E-state index in [0.29, 0.717) is 17.3 Å². The van der Waals surface area contributed by atoms with Crippen LogP contribution < -0.4 is 15.4 Å². The zero-order valence-corrected chi connectivity index (χ0v) is 21.8. The second kappa shape index (κ2) is 11.1. The number of imidazole rings is 1. The smallest absolute Gasteiger partial charge is 0.416 e. The van der Waals surface area contributed by atoms with Gasteiger partial charge in [-0.1, -0.05) is 0 Å². The molecule has 3 heterocycles. The molecule has 5 rings (SSSR count). The number of hydrogen-bond acceptors (Lipinski definition) is 7. The minimum Gasteiger partial charge on any atom is -0.457 e. The summed E-state index contributed by atoms with van der Waals surface area (Å²) in [6, 6.07) is 8.81. The highest BCUT2D eigenvalue weighted by Crippen LogP contribution is 2.36. The third-order valence-corrected chi connectivity index (χ3v) is 6.04.